The van der Waals surface area contributed by atoms with E-state index in [-0.39, 0.29) is 5.01 Å². The minimum absolute atomic E-state index is 0. The number of hydrogen-bond donors (Lipinski definition) is 1. The van der Waals surface area contributed by atoms with Crippen molar-refractivity contribution in [2.75, 3.05) is 20.0 Å². The Morgan fingerprint density at radius 3 is 1.92 bits per heavy atom. The molecule has 0 saturated heterocycles. The summed E-state index contributed by atoms with van der Waals surface area (Å²) in [7, 11) is 0. The summed E-state index contributed by atoms with van der Waals surface area (Å²) in [6, 6.07) is 0. The molecule has 0 bridgehead atoms. The molecule has 12 heavy (non-hydrogen) atoms. The number of hydrogen-bond acceptors (Lipinski definition) is 3. The lowest BCUT2D eigenvalue weighted by atomic mass is 10.7. The first-order valence-electron chi connectivity index (χ1n) is 2.92. The van der Waals surface area contributed by atoms with Crippen LogP contribution in [0.5, 0.6) is 0 Å². The fourth-order valence-electron chi connectivity index (χ4n) is 0.483. The van der Waals surface area contributed by atoms with Crippen molar-refractivity contribution in [2.24, 2.45) is 5.84 Å². The third-order valence-electron chi connectivity index (χ3n) is 1.05. The second-order valence-corrected chi connectivity index (χ2v) is 1.85. The number of hydrazine groups is 2. The molecule has 0 unspecified atom stereocenters. The van der Waals surface area contributed by atoms with Crippen molar-refractivity contribution in [3.05, 3.63) is 0 Å². The maximum Gasteiger partial charge on any atom is 0.487 e. The second-order valence-electron chi connectivity index (χ2n) is 1.85. The van der Waals surface area contributed by atoms with Gasteiger partial charge in [-0.2, -0.15) is 18.2 Å². The quantitative estimate of drug-likeness (QED) is 0.310. The molecule has 0 aliphatic heterocycles. The number of rotatable bonds is 4. The predicted molar refractivity (Wildman–Crippen MR) is 30.7 cm³/mol. The summed E-state index contributed by atoms with van der Waals surface area (Å²) >= 11 is 0. The van der Waals surface area contributed by atoms with E-state index in [9.17, 15) is 22.0 Å². The lowest BCUT2D eigenvalue weighted by molar-refractivity contribution is -0.322. The van der Waals surface area contributed by atoms with E-state index in [1.165, 1.54) is 0 Å². The Bertz CT molecular complexity index is 126. The summed E-state index contributed by atoms with van der Waals surface area (Å²) in [5, 5.41) is -0.785. The fraction of sp³-hybridized carbons (Fsp3) is 1.00. The van der Waals surface area contributed by atoms with Crippen LogP contribution in [0.15, 0.2) is 0 Å². The van der Waals surface area contributed by atoms with Crippen molar-refractivity contribution in [2.45, 2.75) is 6.30 Å². The van der Waals surface area contributed by atoms with E-state index in [2.05, 4.69) is 5.84 Å². The lowest BCUT2D eigenvalue weighted by Gasteiger charge is -2.28. The first kappa shape index (κ1) is 11.5. The van der Waals surface area contributed by atoms with E-state index in [0.29, 0.717) is 0 Å². The minimum atomic E-state index is -4.89. The molecule has 0 radical (unpaired) electrons. The van der Waals surface area contributed by atoms with Crippen LogP contribution in [0.3, 0.4) is 0 Å². The van der Waals surface area contributed by atoms with Gasteiger partial charge < -0.3 is 0 Å². The second kappa shape index (κ2) is 4.53. The van der Waals surface area contributed by atoms with Gasteiger partial charge in [-0.3, -0.25) is 0 Å². The Morgan fingerprint density at radius 2 is 1.67 bits per heavy atom. The fourth-order valence-corrected chi connectivity index (χ4v) is 0.483. The number of alkyl halides is 5. The molecule has 0 heterocycles. The SMILES string of the molecule is NN(N(CF)CCF)C(F)(F)F. The van der Waals surface area contributed by atoms with E-state index in [1.54, 1.807) is 0 Å². The van der Waals surface area contributed by atoms with Crippen LogP contribution in [0.1, 0.15) is 0 Å². The van der Waals surface area contributed by atoms with E-state index in [4.69, 9.17) is 0 Å². The molecule has 0 saturated carbocycles. The zero-order chi connectivity index (χ0) is 9.78. The molecule has 0 aliphatic carbocycles. The van der Waals surface area contributed by atoms with E-state index in [0.717, 1.165) is 0 Å². The van der Waals surface area contributed by atoms with Crippen LogP contribution in [0.4, 0.5) is 22.0 Å². The average Bonchev–Trinajstić information content (AvgIpc) is 1.97. The molecule has 0 aliphatic rings. The molecular formula is C4H8F5N3. The van der Waals surface area contributed by atoms with Crippen LogP contribution in [-0.4, -0.2) is 36.4 Å². The van der Waals surface area contributed by atoms with Gasteiger partial charge in [0.25, 0.3) is 0 Å². The Balaban J connectivity index is 4.11. The lowest BCUT2D eigenvalue weighted by Crippen LogP contribution is -2.55. The van der Waals surface area contributed by atoms with Gasteiger partial charge >= 0.3 is 6.30 Å². The van der Waals surface area contributed by atoms with E-state index >= 15 is 0 Å². The maximum atomic E-state index is 11.8. The molecular weight excluding hydrogens is 185 g/mol. The summed E-state index contributed by atoms with van der Waals surface area (Å²) < 4.78 is 58.3. The molecule has 0 spiro atoms. The van der Waals surface area contributed by atoms with E-state index in [1.807, 2.05) is 0 Å². The van der Waals surface area contributed by atoms with E-state index < -0.39 is 31.4 Å². The highest BCUT2D eigenvalue weighted by Gasteiger charge is 2.39. The van der Waals surface area contributed by atoms with Gasteiger partial charge in [0.1, 0.15) is 6.67 Å². The van der Waals surface area contributed by atoms with Crippen LogP contribution in [0, 0.1) is 0 Å². The molecule has 3 nitrogen and oxygen atoms in total. The van der Waals surface area contributed by atoms with Gasteiger partial charge in [0.05, 0.1) is 0 Å². The molecule has 0 atom stereocenters. The van der Waals surface area contributed by atoms with Gasteiger partial charge in [-0.25, -0.2) is 14.6 Å². The summed E-state index contributed by atoms with van der Waals surface area (Å²) in [5.41, 5.74) is 0. The maximum absolute atomic E-state index is 11.8. The molecule has 0 aromatic rings. The van der Waals surface area contributed by atoms with Crippen molar-refractivity contribution < 1.29 is 22.0 Å². The molecule has 2 N–H and O–H groups in total. The van der Waals surface area contributed by atoms with Crippen LogP contribution >= 0.6 is 0 Å². The van der Waals surface area contributed by atoms with Crippen molar-refractivity contribution in [3.63, 3.8) is 0 Å². The number of nitrogens with zero attached hydrogens (tertiary/aromatic N) is 2. The van der Waals surface area contributed by atoms with Crippen LogP contribution in [-0.2, 0) is 0 Å². The minimum Gasteiger partial charge on any atom is -0.250 e. The monoisotopic (exact) mass is 193 g/mol. The largest absolute Gasteiger partial charge is 0.487 e. The van der Waals surface area contributed by atoms with Gasteiger partial charge in [0, 0.05) is 6.54 Å². The number of halogens is 5. The van der Waals surface area contributed by atoms with Gasteiger partial charge in [-0.05, 0) is 0 Å². The number of nitrogens with two attached hydrogens (primary N) is 1. The topological polar surface area (TPSA) is 32.5 Å². The molecule has 0 aromatic carbocycles. The summed E-state index contributed by atoms with van der Waals surface area (Å²) in [4.78, 5) is 0. The zero-order valence-corrected chi connectivity index (χ0v) is 5.98. The summed E-state index contributed by atoms with van der Waals surface area (Å²) in [6.45, 7) is -3.32. The average molecular weight is 193 g/mol. The van der Waals surface area contributed by atoms with Crippen molar-refractivity contribution in [1.29, 1.82) is 0 Å². The van der Waals surface area contributed by atoms with Crippen LogP contribution < -0.4 is 5.84 Å². The Morgan fingerprint density at radius 1 is 1.17 bits per heavy atom. The first-order chi connectivity index (χ1) is 5.43. The van der Waals surface area contributed by atoms with Crippen LogP contribution in [0.25, 0.3) is 0 Å². The van der Waals surface area contributed by atoms with Crippen molar-refractivity contribution in [1.82, 2.24) is 10.1 Å². The van der Waals surface area contributed by atoms with Crippen molar-refractivity contribution in [3.8, 4) is 0 Å². The molecule has 0 aromatic heterocycles. The third-order valence-corrected chi connectivity index (χ3v) is 1.05. The Hall–Kier alpha value is -0.470. The predicted octanol–water partition coefficient (Wildman–Crippen LogP) is 0.795. The van der Waals surface area contributed by atoms with Gasteiger partial charge in [-0.1, -0.05) is 5.12 Å². The van der Waals surface area contributed by atoms with Crippen molar-refractivity contribution >= 4 is 0 Å². The molecule has 0 rings (SSSR count). The Labute approximate surface area is 65.5 Å². The molecule has 74 valence electrons. The third kappa shape index (κ3) is 3.28. The van der Waals surface area contributed by atoms with Gasteiger partial charge in [0.2, 0.25) is 0 Å². The highest BCUT2D eigenvalue weighted by molar-refractivity contribution is 4.49. The smallest absolute Gasteiger partial charge is 0.250 e. The highest BCUT2D eigenvalue weighted by Crippen LogP contribution is 2.18. The highest BCUT2D eigenvalue weighted by atomic mass is 19.4. The van der Waals surface area contributed by atoms with Crippen LogP contribution in [0.2, 0.25) is 0 Å². The first-order valence-corrected chi connectivity index (χ1v) is 2.92. The Kier molecular flexibility index (Phi) is 4.35. The zero-order valence-electron chi connectivity index (χ0n) is 5.98. The summed E-state index contributed by atoms with van der Waals surface area (Å²) in [5.74, 6) is 4.42. The van der Waals surface area contributed by atoms with Gasteiger partial charge in [0.15, 0.2) is 6.80 Å². The molecule has 0 fully saturated rings. The van der Waals surface area contributed by atoms with Gasteiger partial charge in [-0.15, -0.1) is 0 Å². The summed E-state index contributed by atoms with van der Waals surface area (Å²) in [6.07, 6.45) is -4.89. The normalized spacial score (nSPS) is 13.0. The standard InChI is InChI=1S/C4H8F5N3/c5-1-2-11(3-6)12(10)4(7,8)9/h1-3,10H2. The molecule has 0 amide bonds. The molecule has 8 heteroatoms.